The molecule has 7 nitrogen and oxygen atoms in total. The second-order valence-corrected chi connectivity index (χ2v) is 6.30. The van der Waals surface area contributed by atoms with E-state index >= 15 is 0 Å². The van der Waals surface area contributed by atoms with Gasteiger partial charge in [0.15, 0.2) is 11.6 Å². The molecule has 0 spiro atoms. The highest BCUT2D eigenvalue weighted by atomic mass is 35.5. The Hall–Kier alpha value is -1.73. The maximum absolute atomic E-state index is 6.10. The highest BCUT2D eigenvalue weighted by Gasteiger charge is 2.38. The number of ether oxygens (including phenoxy) is 1. The van der Waals surface area contributed by atoms with Crippen molar-refractivity contribution in [3.05, 3.63) is 23.1 Å². The third-order valence-electron chi connectivity index (χ3n) is 4.66. The minimum Gasteiger partial charge on any atom is -0.381 e. The molecule has 0 aliphatic carbocycles. The Labute approximate surface area is 139 Å². The molecule has 2 aromatic heterocycles. The highest BCUT2D eigenvalue weighted by molar-refractivity contribution is 6.28. The van der Waals surface area contributed by atoms with Gasteiger partial charge in [0.1, 0.15) is 11.5 Å². The summed E-state index contributed by atoms with van der Waals surface area (Å²) in [5, 5.41) is 8.97. The lowest BCUT2D eigenvalue weighted by Crippen LogP contribution is -2.45. The lowest BCUT2D eigenvalue weighted by atomic mass is 10.0. The second kappa shape index (κ2) is 5.72. The van der Waals surface area contributed by atoms with E-state index in [9.17, 15) is 0 Å². The minimum absolute atomic E-state index is 0.137. The van der Waals surface area contributed by atoms with E-state index in [4.69, 9.17) is 16.3 Å². The number of hydrogen-bond donors (Lipinski definition) is 0. The van der Waals surface area contributed by atoms with E-state index in [0.717, 1.165) is 55.6 Å². The monoisotopic (exact) mass is 334 g/mol. The average molecular weight is 335 g/mol. The van der Waals surface area contributed by atoms with Gasteiger partial charge in [-0.1, -0.05) is 6.92 Å². The van der Waals surface area contributed by atoms with Crippen LogP contribution >= 0.6 is 11.6 Å². The van der Waals surface area contributed by atoms with Crippen molar-refractivity contribution >= 4 is 17.4 Å². The first-order valence-electron chi connectivity index (χ1n) is 8.01. The SMILES string of the molecule is CCC1c2nnc(C)n2-c2cnc(Cl)nc2N1C1CCOCC1. The zero-order valence-corrected chi connectivity index (χ0v) is 14.0. The van der Waals surface area contributed by atoms with Gasteiger partial charge in [0.05, 0.1) is 12.2 Å². The third kappa shape index (κ3) is 2.30. The van der Waals surface area contributed by atoms with Crippen molar-refractivity contribution in [1.82, 2.24) is 24.7 Å². The topological polar surface area (TPSA) is 69.0 Å². The fourth-order valence-corrected chi connectivity index (χ4v) is 3.76. The van der Waals surface area contributed by atoms with E-state index in [1.54, 1.807) is 6.20 Å². The highest BCUT2D eigenvalue weighted by Crippen LogP contribution is 2.41. The first kappa shape index (κ1) is 14.8. The number of nitrogens with zero attached hydrogens (tertiary/aromatic N) is 6. The molecule has 1 saturated heterocycles. The standard InChI is InChI=1S/C15H19ClN6O/c1-3-11-14-20-19-9(2)21(14)12-8-17-15(16)18-13(12)22(11)10-4-6-23-7-5-10/h8,10-11H,3-7H2,1-2H3. The molecule has 8 heteroatoms. The van der Waals surface area contributed by atoms with Crippen LogP contribution in [0.4, 0.5) is 5.82 Å². The Balaban J connectivity index is 1.90. The zero-order chi connectivity index (χ0) is 16.0. The first-order chi connectivity index (χ1) is 11.2. The number of rotatable bonds is 2. The number of hydrogen-bond acceptors (Lipinski definition) is 6. The summed E-state index contributed by atoms with van der Waals surface area (Å²) in [5.74, 6) is 2.67. The van der Waals surface area contributed by atoms with Gasteiger partial charge in [-0.25, -0.2) is 4.98 Å². The molecule has 0 bridgehead atoms. The van der Waals surface area contributed by atoms with Crippen molar-refractivity contribution in [2.45, 2.75) is 45.2 Å². The molecule has 122 valence electrons. The maximum atomic E-state index is 6.10. The number of aryl methyl sites for hydroxylation is 1. The van der Waals surface area contributed by atoms with Gasteiger partial charge in [-0.2, -0.15) is 4.98 Å². The van der Waals surface area contributed by atoms with E-state index in [2.05, 4.69) is 36.6 Å². The van der Waals surface area contributed by atoms with Crippen molar-refractivity contribution in [1.29, 1.82) is 0 Å². The summed E-state index contributed by atoms with van der Waals surface area (Å²) >= 11 is 6.10. The molecule has 23 heavy (non-hydrogen) atoms. The van der Waals surface area contributed by atoms with Crippen LogP contribution in [0.2, 0.25) is 5.28 Å². The van der Waals surface area contributed by atoms with Crippen LogP contribution in [-0.4, -0.2) is 44.0 Å². The minimum atomic E-state index is 0.137. The van der Waals surface area contributed by atoms with E-state index in [1.165, 1.54) is 0 Å². The van der Waals surface area contributed by atoms with Gasteiger partial charge < -0.3 is 9.64 Å². The van der Waals surface area contributed by atoms with Crippen LogP contribution in [0, 0.1) is 6.92 Å². The van der Waals surface area contributed by atoms with E-state index in [0.29, 0.717) is 6.04 Å². The summed E-state index contributed by atoms with van der Waals surface area (Å²) in [6.07, 6.45) is 4.65. The number of halogens is 1. The summed E-state index contributed by atoms with van der Waals surface area (Å²) in [4.78, 5) is 11.1. The molecule has 0 aromatic carbocycles. The molecular formula is C15H19ClN6O. The van der Waals surface area contributed by atoms with Gasteiger partial charge in [-0.3, -0.25) is 4.57 Å². The van der Waals surface area contributed by atoms with Gasteiger partial charge in [0.2, 0.25) is 5.28 Å². The van der Waals surface area contributed by atoms with Gasteiger partial charge in [-0.15, -0.1) is 10.2 Å². The summed E-state index contributed by atoms with van der Waals surface area (Å²) in [5.41, 5.74) is 0.906. The third-order valence-corrected chi connectivity index (χ3v) is 4.84. The van der Waals surface area contributed by atoms with Crippen LogP contribution in [0.15, 0.2) is 6.20 Å². The Morgan fingerprint density at radius 2 is 2.09 bits per heavy atom. The lowest BCUT2D eigenvalue weighted by Gasteiger charge is -2.43. The molecule has 0 saturated carbocycles. The van der Waals surface area contributed by atoms with Gasteiger partial charge in [-0.05, 0) is 37.8 Å². The lowest BCUT2D eigenvalue weighted by molar-refractivity contribution is 0.0817. The van der Waals surface area contributed by atoms with Gasteiger partial charge >= 0.3 is 0 Å². The molecule has 0 radical (unpaired) electrons. The molecular weight excluding hydrogens is 316 g/mol. The van der Waals surface area contributed by atoms with Crippen LogP contribution in [0.1, 0.15) is 43.9 Å². The Morgan fingerprint density at radius 1 is 1.30 bits per heavy atom. The molecule has 0 amide bonds. The van der Waals surface area contributed by atoms with Gasteiger partial charge in [0.25, 0.3) is 0 Å². The molecule has 1 atom stereocenters. The molecule has 2 aliphatic rings. The number of anilines is 1. The zero-order valence-electron chi connectivity index (χ0n) is 13.2. The van der Waals surface area contributed by atoms with Crippen LogP contribution in [0.3, 0.4) is 0 Å². The number of aromatic nitrogens is 5. The van der Waals surface area contributed by atoms with Crippen LogP contribution in [-0.2, 0) is 4.74 Å². The van der Waals surface area contributed by atoms with Crippen molar-refractivity contribution in [2.75, 3.05) is 18.1 Å². The van der Waals surface area contributed by atoms with Crippen molar-refractivity contribution in [3.8, 4) is 5.69 Å². The Morgan fingerprint density at radius 3 is 2.83 bits per heavy atom. The maximum Gasteiger partial charge on any atom is 0.224 e. The fourth-order valence-electron chi connectivity index (χ4n) is 3.63. The van der Waals surface area contributed by atoms with E-state index < -0.39 is 0 Å². The smallest absolute Gasteiger partial charge is 0.224 e. The first-order valence-corrected chi connectivity index (χ1v) is 8.39. The predicted octanol–water partition coefficient (Wildman–Crippen LogP) is 2.47. The summed E-state index contributed by atoms with van der Waals surface area (Å²) in [6, 6.07) is 0.502. The van der Waals surface area contributed by atoms with E-state index in [-0.39, 0.29) is 11.3 Å². The van der Waals surface area contributed by atoms with E-state index in [1.807, 2.05) is 6.92 Å². The van der Waals surface area contributed by atoms with Crippen LogP contribution < -0.4 is 4.90 Å². The molecule has 0 N–H and O–H groups in total. The predicted molar refractivity (Wildman–Crippen MR) is 86.0 cm³/mol. The quantitative estimate of drug-likeness (QED) is 0.786. The summed E-state index contributed by atoms with van der Waals surface area (Å²) in [7, 11) is 0. The van der Waals surface area contributed by atoms with Crippen LogP contribution in [0.25, 0.3) is 5.69 Å². The molecule has 1 fully saturated rings. The largest absolute Gasteiger partial charge is 0.381 e. The average Bonchev–Trinajstić information content (AvgIpc) is 2.96. The normalized spacial score (nSPS) is 21.2. The van der Waals surface area contributed by atoms with Crippen molar-refractivity contribution in [3.63, 3.8) is 0 Å². The molecule has 2 aromatic rings. The van der Waals surface area contributed by atoms with Crippen molar-refractivity contribution < 1.29 is 4.74 Å². The molecule has 4 heterocycles. The second-order valence-electron chi connectivity index (χ2n) is 5.96. The molecule has 1 unspecified atom stereocenters. The summed E-state index contributed by atoms with van der Waals surface area (Å²) in [6.45, 7) is 5.67. The molecule has 4 rings (SSSR count). The number of fused-ring (bicyclic) bond motifs is 3. The van der Waals surface area contributed by atoms with Crippen LogP contribution in [0.5, 0.6) is 0 Å². The molecule has 2 aliphatic heterocycles. The van der Waals surface area contributed by atoms with Crippen molar-refractivity contribution in [2.24, 2.45) is 0 Å². The summed E-state index contributed by atoms with van der Waals surface area (Å²) < 4.78 is 7.58. The Bertz CT molecular complexity index is 727. The Kier molecular flexibility index (Phi) is 3.69. The fraction of sp³-hybridized carbons (Fsp3) is 0.600. The van der Waals surface area contributed by atoms with Gasteiger partial charge in [0, 0.05) is 19.3 Å².